The Hall–Kier alpha value is -0.790. The lowest BCUT2D eigenvalue weighted by Gasteiger charge is -2.17. The van der Waals surface area contributed by atoms with Crippen LogP contribution < -0.4 is 0 Å². The number of hydrogen-bond donors (Lipinski definition) is 0. The second-order valence-electron chi connectivity index (χ2n) is 2.75. The van der Waals surface area contributed by atoms with E-state index >= 15 is 0 Å². The lowest BCUT2D eigenvalue weighted by atomic mass is 10.2. The molecule has 0 radical (unpaired) electrons. The molecule has 2 heteroatoms. The number of carbonyl (C=O) groups excluding carboxylic acids is 1. The zero-order chi connectivity index (χ0) is 7.72. The Morgan fingerprint density at radius 2 is 2.40 bits per heavy atom. The monoisotopic (exact) mass is 139 g/mol. The summed E-state index contributed by atoms with van der Waals surface area (Å²) in [4.78, 5) is 13.0. The van der Waals surface area contributed by atoms with Gasteiger partial charge < -0.3 is 4.90 Å². The Morgan fingerprint density at radius 3 is 2.60 bits per heavy atom. The van der Waals surface area contributed by atoms with Gasteiger partial charge in [-0.15, -0.1) is 0 Å². The van der Waals surface area contributed by atoms with Gasteiger partial charge in [0.05, 0.1) is 0 Å². The van der Waals surface area contributed by atoms with E-state index < -0.39 is 0 Å². The lowest BCUT2D eigenvalue weighted by Crippen LogP contribution is -2.30. The molecule has 0 N–H and O–H groups in total. The van der Waals surface area contributed by atoms with Gasteiger partial charge in [0.1, 0.15) is 0 Å². The van der Waals surface area contributed by atoms with Crippen LogP contribution in [0.3, 0.4) is 0 Å². The van der Waals surface area contributed by atoms with Crippen LogP contribution in [-0.2, 0) is 4.79 Å². The first-order valence-electron chi connectivity index (χ1n) is 3.65. The lowest BCUT2D eigenvalue weighted by molar-refractivity contribution is -0.125. The van der Waals surface area contributed by atoms with Crippen LogP contribution in [0.15, 0.2) is 12.2 Å². The first-order chi connectivity index (χ1) is 4.66. The minimum atomic E-state index is 0.134. The van der Waals surface area contributed by atoms with Gasteiger partial charge in [0, 0.05) is 18.2 Å². The van der Waals surface area contributed by atoms with Crippen molar-refractivity contribution in [1.29, 1.82) is 0 Å². The average Bonchev–Trinajstić information content (AvgIpc) is 2.09. The molecule has 1 unspecified atom stereocenters. The molecule has 0 aromatic heterocycles. The van der Waals surface area contributed by atoms with E-state index in [1.807, 2.05) is 11.8 Å². The Balaban J connectivity index is 2.74. The van der Waals surface area contributed by atoms with Crippen molar-refractivity contribution in [3.63, 3.8) is 0 Å². The fourth-order valence-corrected chi connectivity index (χ4v) is 1.41. The van der Waals surface area contributed by atoms with Gasteiger partial charge in [0.25, 0.3) is 0 Å². The standard InChI is InChI=1S/C8H13NO/c1-4-9-7(3)5-6(2)8(9)10/h7H,2,4-5H2,1,3H3. The summed E-state index contributed by atoms with van der Waals surface area (Å²) in [7, 11) is 0. The Bertz CT molecular complexity index is 174. The largest absolute Gasteiger partial charge is 0.336 e. The van der Waals surface area contributed by atoms with Gasteiger partial charge >= 0.3 is 0 Å². The third kappa shape index (κ3) is 0.939. The molecule has 1 atom stereocenters. The maximum Gasteiger partial charge on any atom is 0.249 e. The molecule has 0 aromatic rings. The van der Waals surface area contributed by atoms with E-state index in [2.05, 4.69) is 13.5 Å². The van der Waals surface area contributed by atoms with Crippen molar-refractivity contribution >= 4 is 5.91 Å². The second-order valence-corrected chi connectivity index (χ2v) is 2.75. The van der Waals surface area contributed by atoms with Gasteiger partial charge in [0.15, 0.2) is 0 Å². The van der Waals surface area contributed by atoms with Crippen LogP contribution in [0.2, 0.25) is 0 Å². The normalized spacial score (nSPS) is 26.2. The van der Waals surface area contributed by atoms with Gasteiger partial charge in [-0.25, -0.2) is 0 Å². The molecule has 2 nitrogen and oxygen atoms in total. The quantitative estimate of drug-likeness (QED) is 0.499. The highest BCUT2D eigenvalue weighted by molar-refractivity contribution is 5.95. The molecule has 1 saturated heterocycles. The predicted octanol–water partition coefficient (Wildman–Crippen LogP) is 1.18. The molecule has 0 spiro atoms. The molecule has 0 saturated carbocycles. The van der Waals surface area contributed by atoms with E-state index in [9.17, 15) is 4.79 Å². The van der Waals surface area contributed by atoms with Crippen molar-refractivity contribution in [2.45, 2.75) is 26.3 Å². The molecular formula is C8H13NO. The van der Waals surface area contributed by atoms with Crippen molar-refractivity contribution in [2.75, 3.05) is 6.54 Å². The number of likely N-dealkylation sites (tertiary alicyclic amines) is 1. The van der Waals surface area contributed by atoms with Gasteiger partial charge in [-0.3, -0.25) is 4.79 Å². The van der Waals surface area contributed by atoms with Crippen LogP contribution in [0.1, 0.15) is 20.3 Å². The summed E-state index contributed by atoms with van der Waals surface area (Å²) in [6.07, 6.45) is 0.840. The smallest absolute Gasteiger partial charge is 0.249 e. The summed E-state index contributed by atoms with van der Waals surface area (Å²) in [5.74, 6) is 0.134. The summed E-state index contributed by atoms with van der Waals surface area (Å²) in [6, 6.07) is 0.366. The zero-order valence-corrected chi connectivity index (χ0v) is 6.55. The minimum absolute atomic E-state index is 0.134. The minimum Gasteiger partial charge on any atom is -0.336 e. The molecule has 1 rings (SSSR count). The van der Waals surface area contributed by atoms with E-state index in [0.717, 1.165) is 18.5 Å². The van der Waals surface area contributed by atoms with Crippen molar-refractivity contribution < 1.29 is 4.79 Å². The number of rotatable bonds is 1. The molecule has 0 bridgehead atoms. The maximum atomic E-state index is 11.2. The van der Waals surface area contributed by atoms with Gasteiger partial charge in [-0.2, -0.15) is 0 Å². The summed E-state index contributed by atoms with van der Waals surface area (Å²) in [5.41, 5.74) is 0.759. The second kappa shape index (κ2) is 2.45. The third-order valence-electron chi connectivity index (χ3n) is 1.98. The van der Waals surface area contributed by atoms with Crippen molar-refractivity contribution in [2.24, 2.45) is 0 Å². The highest BCUT2D eigenvalue weighted by atomic mass is 16.2. The summed E-state index contributed by atoms with van der Waals surface area (Å²) < 4.78 is 0. The molecule has 0 aliphatic carbocycles. The Morgan fingerprint density at radius 1 is 1.80 bits per heavy atom. The van der Waals surface area contributed by atoms with Crippen LogP contribution in [0.5, 0.6) is 0 Å². The van der Waals surface area contributed by atoms with Crippen molar-refractivity contribution in [3.05, 3.63) is 12.2 Å². The average molecular weight is 139 g/mol. The topological polar surface area (TPSA) is 20.3 Å². The number of nitrogens with zero attached hydrogens (tertiary/aromatic N) is 1. The Labute approximate surface area is 61.5 Å². The van der Waals surface area contributed by atoms with Gasteiger partial charge in [-0.05, 0) is 20.3 Å². The van der Waals surface area contributed by atoms with E-state index in [0.29, 0.717) is 6.04 Å². The number of carbonyl (C=O) groups is 1. The van der Waals surface area contributed by atoms with E-state index in [1.54, 1.807) is 0 Å². The molecule has 56 valence electrons. The van der Waals surface area contributed by atoms with Gasteiger partial charge in [-0.1, -0.05) is 6.58 Å². The van der Waals surface area contributed by atoms with E-state index in [-0.39, 0.29) is 5.91 Å². The number of amides is 1. The van der Waals surface area contributed by atoms with Crippen molar-refractivity contribution in [1.82, 2.24) is 4.90 Å². The first-order valence-corrected chi connectivity index (χ1v) is 3.65. The number of hydrogen-bond acceptors (Lipinski definition) is 1. The van der Waals surface area contributed by atoms with Crippen LogP contribution >= 0.6 is 0 Å². The molecule has 1 heterocycles. The fourth-order valence-electron chi connectivity index (χ4n) is 1.41. The molecule has 10 heavy (non-hydrogen) atoms. The summed E-state index contributed by atoms with van der Waals surface area (Å²) in [6.45, 7) is 8.55. The molecule has 1 amide bonds. The molecule has 1 aliphatic heterocycles. The first kappa shape index (κ1) is 7.32. The highest BCUT2D eigenvalue weighted by Crippen LogP contribution is 2.21. The van der Waals surface area contributed by atoms with Gasteiger partial charge in [0.2, 0.25) is 5.91 Å². The van der Waals surface area contributed by atoms with Crippen LogP contribution in [0.25, 0.3) is 0 Å². The molecular weight excluding hydrogens is 126 g/mol. The highest BCUT2D eigenvalue weighted by Gasteiger charge is 2.28. The molecule has 1 fully saturated rings. The van der Waals surface area contributed by atoms with Crippen LogP contribution in [0, 0.1) is 0 Å². The SMILES string of the molecule is C=C1CC(C)N(CC)C1=O. The third-order valence-corrected chi connectivity index (χ3v) is 1.98. The number of likely N-dealkylation sites (N-methyl/N-ethyl adjacent to an activating group) is 1. The maximum absolute atomic E-state index is 11.2. The van der Waals surface area contributed by atoms with Crippen LogP contribution in [0.4, 0.5) is 0 Å². The van der Waals surface area contributed by atoms with E-state index in [1.165, 1.54) is 0 Å². The molecule has 1 aliphatic rings. The predicted molar refractivity (Wildman–Crippen MR) is 40.6 cm³/mol. The van der Waals surface area contributed by atoms with E-state index in [4.69, 9.17) is 0 Å². The molecule has 0 aromatic carbocycles. The summed E-state index contributed by atoms with van der Waals surface area (Å²) in [5, 5.41) is 0. The van der Waals surface area contributed by atoms with Crippen molar-refractivity contribution in [3.8, 4) is 0 Å². The fraction of sp³-hybridized carbons (Fsp3) is 0.625. The summed E-state index contributed by atoms with van der Waals surface area (Å²) >= 11 is 0. The van der Waals surface area contributed by atoms with Crippen LogP contribution in [-0.4, -0.2) is 23.4 Å². The zero-order valence-electron chi connectivity index (χ0n) is 6.55. The Kier molecular flexibility index (Phi) is 1.79.